The van der Waals surface area contributed by atoms with E-state index in [0.29, 0.717) is 28.7 Å². The van der Waals surface area contributed by atoms with Crippen LogP contribution >= 0.6 is 11.3 Å². The third kappa shape index (κ3) is 4.74. The predicted molar refractivity (Wildman–Crippen MR) is 105 cm³/mol. The highest BCUT2D eigenvalue weighted by Gasteiger charge is 2.11. The Balaban J connectivity index is 1.60. The summed E-state index contributed by atoms with van der Waals surface area (Å²) in [6.07, 6.45) is 0.977. The fourth-order valence-corrected chi connectivity index (χ4v) is 3.39. The Morgan fingerprint density at radius 1 is 1.26 bits per heavy atom. The van der Waals surface area contributed by atoms with Crippen LogP contribution in [0.15, 0.2) is 40.5 Å². The topological polar surface area (TPSA) is 69.9 Å². The molecule has 0 aliphatic heterocycles. The van der Waals surface area contributed by atoms with Gasteiger partial charge in [0.05, 0.1) is 17.9 Å². The lowest BCUT2D eigenvalue weighted by molar-refractivity contribution is 0.0467. The van der Waals surface area contributed by atoms with Crippen molar-refractivity contribution in [1.29, 1.82) is 0 Å². The van der Waals surface area contributed by atoms with Crippen LogP contribution in [0.2, 0.25) is 0 Å². The van der Waals surface area contributed by atoms with E-state index < -0.39 is 5.97 Å². The Kier molecular flexibility index (Phi) is 5.91. The summed E-state index contributed by atoms with van der Waals surface area (Å²) in [7, 11) is 0. The van der Waals surface area contributed by atoms with E-state index in [-0.39, 0.29) is 12.2 Å². The molecule has 0 saturated carbocycles. The molecular formula is C20H22N2O4S. The normalized spacial score (nSPS) is 11.1. The molecule has 0 saturated heterocycles. The second-order valence-electron chi connectivity index (χ2n) is 6.71. The molecule has 0 N–H and O–H groups in total. The van der Waals surface area contributed by atoms with Crippen molar-refractivity contribution < 1.29 is 14.3 Å². The van der Waals surface area contributed by atoms with Gasteiger partial charge in [-0.2, -0.15) is 0 Å². The first-order valence-corrected chi connectivity index (χ1v) is 9.69. The summed E-state index contributed by atoms with van der Waals surface area (Å²) in [5, 5.41) is 1.87. The predicted octanol–water partition coefficient (Wildman–Crippen LogP) is 3.85. The second-order valence-corrected chi connectivity index (χ2v) is 7.55. The molecule has 2 heterocycles. The molecule has 6 nitrogen and oxygen atoms in total. The van der Waals surface area contributed by atoms with E-state index in [1.165, 1.54) is 21.8 Å². The van der Waals surface area contributed by atoms with Gasteiger partial charge in [-0.25, -0.2) is 9.78 Å². The quantitative estimate of drug-likeness (QED) is 0.577. The Morgan fingerprint density at radius 2 is 2.00 bits per heavy atom. The van der Waals surface area contributed by atoms with Crippen molar-refractivity contribution in [3.8, 4) is 5.75 Å². The summed E-state index contributed by atoms with van der Waals surface area (Å²) in [5.74, 6) is 0.840. The van der Waals surface area contributed by atoms with Gasteiger partial charge in [-0.05, 0) is 43.5 Å². The third-order valence-corrected chi connectivity index (χ3v) is 4.98. The van der Waals surface area contributed by atoms with Gasteiger partial charge < -0.3 is 9.47 Å². The molecule has 3 aromatic rings. The molecule has 0 bridgehead atoms. The summed E-state index contributed by atoms with van der Waals surface area (Å²) < 4.78 is 12.5. The minimum Gasteiger partial charge on any atom is -0.494 e. The molecule has 7 heteroatoms. The van der Waals surface area contributed by atoms with E-state index in [1.807, 2.05) is 12.3 Å². The average Bonchev–Trinajstić information content (AvgIpc) is 3.01. The summed E-state index contributed by atoms with van der Waals surface area (Å²) in [5.41, 5.74) is 1.53. The van der Waals surface area contributed by atoms with Crippen LogP contribution in [0.4, 0.5) is 0 Å². The van der Waals surface area contributed by atoms with Crippen molar-refractivity contribution in [3.05, 3.63) is 63.0 Å². The van der Waals surface area contributed by atoms with Crippen LogP contribution < -0.4 is 10.3 Å². The minimum absolute atomic E-state index is 0.0475. The van der Waals surface area contributed by atoms with Gasteiger partial charge >= 0.3 is 5.97 Å². The van der Waals surface area contributed by atoms with Gasteiger partial charge in [0.25, 0.3) is 5.56 Å². The number of fused-ring (bicyclic) bond motifs is 1. The number of aromatic nitrogens is 2. The van der Waals surface area contributed by atoms with Gasteiger partial charge in [0.2, 0.25) is 0 Å². The first kappa shape index (κ1) is 19.1. The standard InChI is InChI=1S/C20H22N2O4S/c1-13(2)8-9-25-17-6-4-15(5-7-17)19(24)26-11-16-10-18(23)22-14(3)12-27-20(22)21-16/h4-7,10,12-13H,8-9,11H2,1-3H3. The number of benzene rings is 1. The van der Waals surface area contributed by atoms with E-state index in [9.17, 15) is 9.59 Å². The zero-order valence-electron chi connectivity index (χ0n) is 15.6. The molecule has 0 aliphatic rings. The Bertz CT molecular complexity index is 989. The number of carbonyl (C=O) groups excluding carboxylic acids is 1. The molecule has 3 rings (SSSR count). The highest BCUT2D eigenvalue weighted by Crippen LogP contribution is 2.15. The summed E-state index contributed by atoms with van der Waals surface area (Å²) >= 11 is 1.38. The molecule has 27 heavy (non-hydrogen) atoms. The Morgan fingerprint density at radius 3 is 2.70 bits per heavy atom. The van der Waals surface area contributed by atoms with Gasteiger partial charge in [0, 0.05) is 17.1 Å². The van der Waals surface area contributed by atoms with Crippen molar-refractivity contribution in [2.45, 2.75) is 33.8 Å². The number of nitrogens with zero attached hydrogens (tertiary/aromatic N) is 2. The summed E-state index contributed by atoms with van der Waals surface area (Å²) in [6, 6.07) is 8.23. The number of hydrogen-bond acceptors (Lipinski definition) is 6. The number of esters is 1. The van der Waals surface area contributed by atoms with Gasteiger partial charge in [-0.3, -0.25) is 9.20 Å². The van der Waals surface area contributed by atoms with Crippen molar-refractivity contribution >= 4 is 22.3 Å². The van der Waals surface area contributed by atoms with Crippen LogP contribution in [0, 0.1) is 12.8 Å². The lowest BCUT2D eigenvalue weighted by atomic mass is 10.1. The van der Waals surface area contributed by atoms with E-state index in [1.54, 1.807) is 24.3 Å². The molecular weight excluding hydrogens is 364 g/mol. The third-order valence-electron chi connectivity index (χ3n) is 4.03. The maximum absolute atomic E-state index is 12.2. The largest absolute Gasteiger partial charge is 0.494 e. The lowest BCUT2D eigenvalue weighted by Crippen LogP contribution is -2.16. The maximum Gasteiger partial charge on any atom is 0.338 e. The van der Waals surface area contributed by atoms with Crippen molar-refractivity contribution in [3.63, 3.8) is 0 Å². The fraction of sp³-hybridized carbons (Fsp3) is 0.350. The van der Waals surface area contributed by atoms with Crippen molar-refractivity contribution in [1.82, 2.24) is 9.38 Å². The molecule has 2 aromatic heterocycles. The van der Waals surface area contributed by atoms with E-state index in [4.69, 9.17) is 9.47 Å². The van der Waals surface area contributed by atoms with Crippen LogP contribution in [0.25, 0.3) is 4.96 Å². The molecule has 1 aromatic carbocycles. The van der Waals surface area contributed by atoms with Gasteiger partial charge in [-0.15, -0.1) is 11.3 Å². The molecule has 0 unspecified atom stereocenters. The smallest absolute Gasteiger partial charge is 0.338 e. The van der Waals surface area contributed by atoms with Crippen LogP contribution in [0.1, 0.15) is 42.0 Å². The van der Waals surface area contributed by atoms with E-state index in [0.717, 1.165) is 17.9 Å². The van der Waals surface area contributed by atoms with Gasteiger partial charge in [0.1, 0.15) is 12.4 Å². The molecule has 0 spiro atoms. The average molecular weight is 386 g/mol. The van der Waals surface area contributed by atoms with Crippen molar-refractivity contribution in [2.75, 3.05) is 6.61 Å². The van der Waals surface area contributed by atoms with Crippen LogP contribution in [-0.2, 0) is 11.3 Å². The SMILES string of the molecule is Cc1csc2nc(COC(=O)c3ccc(OCCC(C)C)cc3)cc(=O)n12. The Labute approximate surface area is 161 Å². The number of ether oxygens (including phenoxy) is 2. The van der Waals surface area contributed by atoms with Gasteiger partial charge in [-0.1, -0.05) is 13.8 Å². The van der Waals surface area contributed by atoms with Crippen LogP contribution in [0.5, 0.6) is 5.75 Å². The molecule has 142 valence electrons. The monoisotopic (exact) mass is 386 g/mol. The molecule has 0 fully saturated rings. The summed E-state index contributed by atoms with van der Waals surface area (Å²) in [4.78, 5) is 29.3. The lowest BCUT2D eigenvalue weighted by Gasteiger charge is -2.09. The highest BCUT2D eigenvalue weighted by atomic mass is 32.1. The van der Waals surface area contributed by atoms with E-state index in [2.05, 4.69) is 18.8 Å². The number of hydrogen-bond donors (Lipinski definition) is 0. The minimum atomic E-state index is -0.465. The molecule has 0 atom stereocenters. The summed E-state index contributed by atoms with van der Waals surface area (Å²) in [6.45, 7) is 6.73. The first-order valence-electron chi connectivity index (χ1n) is 8.81. The second kappa shape index (κ2) is 8.35. The highest BCUT2D eigenvalue weighted by molar-refractivity contribution is 7.15. The van der Waals surface area contributed by atoms with E-state index >= 15 is 0 Å². The Hall–Kier alpha value is -2.67. The number of rotatable bonds is 7. The fourth-order valence-electron chi connectivity index (χ4n) is 2.50. The molecule has 0 amide bonds. The zero-order chi connectivity index (χ0) is 19.4. The van der Waals surface area contributed by atoms with Crippen LogP contribution in [0.3, 0.4) is 0 Å². The zero-order valence-corrected chi connectivity index (χ0v) is 16.4. The number of carbonyl (C=O) groups is 1. The van der Waals surface area contributed by atoms with Crippen molar-refractivity contribution in [2.24, 2.45) is 5.92 Å². The van der Waals surface area contributed by atoms with Gasteiger partial charge in [0.15, 0.2) is 4.96 Å². The number of aryl methyl sites for hydroxylation is 1. The first-order chi connectivity index (χ1) is 12.9. The van der Waals surface area contributed by atoms with Crippen LogP contribution in [-0.4, -0.2) is 22.0 Å². The maximum atomic E-state index is 12.2. The molecule has 0 radical (unpaired) electrons. The molecule has 0 aliphatic carbocycles. The number of thiazole rings is 1.